The van der Waals surface area contributed by atoms with E-state index >= 15 is 0 Å². The fourth-order valence-corrected chi connectivity index (χ4v) is 2.41. The largest absolute Gasteiger partial charge is 0.415 e. The summed E-state index contributed by atoms with van der Waals surface area (Å²) in [6.07, 6.45) is 1.78. The van der Waals surface area contributed by atoms with Crippen LogP contribution in [0.25, 0.3) is 0 Å². The molecule has 17 heavy (non-hydrogen) atoms. The van der Waals surface area contributed by atoms with Crippen molar-refractivity contribution in [1.82, 2.24) is 0 Å². The first-order valence-corrected chi connectivity index (χ1v) is 13.0. The van der Waals surface area contributed by atoms with E-state index in [0.717, 1.165) is 0 Å². The minimum atomic E-state index is -1.48. The topological polar surface area (TPSA) is 27.7 Å². The quantitative estimate of drug-likeness (QED) is 0.478. The smallest absolute Gasteiger partial charge is 0.183 e. The normalized spacial score (nSPS) is 13.1. The molecule has 0 unspecified atom stereocenters. The summed E-state index contributed by atoms with van der Waals surface area (Å²) < 4.78 is 17.4. The van der Waals surface area contributed by atoms with E-state index < -0.39 is 16.6 Å². The summed E-state index contributed by atoms with van der Waals surface area (Å²) in [4.78, 5) is 0. The fraction of sp³-hybridized carbons (Fsp3) is 0.833. The Labute approximate surface area is 108 Å². The van der Waals surface area contributed by atoms with Crippen molar-refractivity contribution < 1.29 is 13.6 Å². The second kappa shape index (κ2) is 7.48. The maximum atomic E-state index is 5.87. The first-order chi connectivity index (χ1) is 7.64. The van der Waals surface area contributed by atoms with Gasteiger partial charge in [0.15, 0.2) is 16.6 Å². The molecular formula is C12H28O3Si2. The summed E-state index contributed by atoms with van der Waals surface area (Å²) in [6, 6.07) is 0. The fourth-order valence-electron chi connectivity index (χ4n) is 1.03. The van der Waals surface area contributed by atoms with Gasteiger partial charge in [-0.25, -0.2) is 0 Å². The molecule has 0 saturated heterocycles. The van der Waals surface area contributed by atoms with E-state index in [-0.39, 0.29) is 6.10 Å². The molecule has 0 aromatic rings. The van der Waals surface area contributed by atoms with E-state index in [4.69, 9.17) is 13.6 Å². The Morgan fingerprint density at radius 2 is 1.35 bits per heavy atom. The highest BCUT2D eigenvalue weighted by Crippen LogP contribution is 2.08. The number of hydrogen-bond acceptors (Lipinski definition) is 3. The Kier molecular flexibility index (Phi) is 7.50. The molecule has 0 rings (SSSR count). The van der Waals surface area contributed by atoms with Gasteiger partial charge in [-0.15, -0.1) is 6.58 Å². The maximum Gasteiger partial charge on any atom is 0.183 e. The zero-order valence-corrected chi connectivity index (χ0v) is 14.2. The number of hydrogen-bond donors (Lipinski definition) is 0. The maximum absolute atomic E-state index is 5.87. The second-order valence-electron chi connectivity index (χ2n) is 6.09. The van der Waals surface area contributed by atoms with E-state index in [0.29, 0.717) is 19.8 Å². The van der Waals surface area contributed by atoms with Crippen LogP contribution in [0.15, 0.2) is 12.7 Å². The highest BCUT2D eigenvalue weighted by molar-refractivity contribution is 6.70. The van der Waals surface area contributed by atoms with Crippen LogP contribution in [0.2, 0.25) is 39.3 Å². The summed E-state index contributed by atoms with van der Waals surface area (Å²) in [5.41, 5.74) is 0. The molecular weight excluding hydrogens is 248 g/mol. The molecule has 0 aliphatic carbocycles. The lowest BCUT2D eigenvalue weighted by Crippen LogP contribution is -2.37. The molecule has 0 aliphatic rings. The summed E-state index contributed by atoms with van der Waals surface area (Å²) in [7, 11) is -2.97. The molecule has 0 aliphatic heterocycles. The summed E-state index contributed by atoms with van der Waals surface area (Å²) in [6.45, 7) is 18.5. The molecule has 0 radical (unpaired) electrons. The standard InChI is InChI=1S/C12H28O3Si2/c1-8-9-13-12(10-14-16(2,3)4)11-15-17(5,6)7/h8,12H,1,9-11H2,2-7H3. The zero-order chi connectivity index (χ0) is 13.5. The Morgan fingerprint density at radius 1 is 0.941 bits per heavy atom. The van der Waals surface area contributed by atoms with Gasteiger partial charge in [0.1, 0.15) is 6.10 Å². The summed E-state index contributed by atoms with van der Waals surface area (Å²) >= 11 is 0. The van der Waals surface area contributed by atoms with Gasteiger partial charge in [-0.3, -0.25) is 0 Å². The first kappa shape index (κ1) is 17.1. The zero-order valence-electron chi connectivity index (χ0n) is 12.2. The van der Waals surface area contributed by atoms with Crippen molar-refractivity contribution in [2.75, 3.05) is 19.8 Å². The van der Waals surface area contributed by atoms with Crippen molar-refractivity contribution in [3.05, 3.63) is 12.7 Å². The lowest BCUT2D eigenvalue weighted by molar-refractivity contribution is 0.00228. The van der Waals surface area contributed by atoms with Gasteiger partial charge in [-0.05, 0) is 39.3 Å². The second-order valence-corrected chi connectivity index (χ2v) is 15.1. The molecule has 3 nitrogen and oxygen atoms in total. The molecule has 0 saturated carbocycles. The van der Waals surface area contributed by atoms with Crippen LogP contribution in [-0.4, -0.2) is 42.6 Å². The van der Waals surface area contributed by atoms with Gasteiger partial charge in [0.25, 0.3) is 0 Å². The van der Waals surface area contributed by atoms with Gasteiger partial charge < -0.3 is 13.6 Å². The van der Waals surface area contributed by atoms with E-state index in [1.54, 1.807) is 6.08 Å². The third-order valence-corrected chi connectivity index (χ3v) is 3.92. The van der Waals surface area contributed by atoms with Crippen LogP contribution in [0.3, 0.4) is 0 Å². The minimum Gasteiger partial charge on any atom is -0.415 e. The van der Waals surface area contributed by atoms with Gasteiger partial charge in [-0.1, -0.05) is 6.08 Å². The minimum absolute atomic E-state index is 0.0199. The van der Waals surface area contributed by atoms with E-state index in [2.05, 4.69) is 45.9 Å². The van der Waals surface area contributed by atoms with Crippen LogP contribution in [0.5, 0.6) is 0 Å². The molecule has 5 heteroatoms. The third-order valence-electron chi connectivity index (χ3n) is 1.85. The predicted molar refractivity (Wildman–Crippen MR) is 78.5 cm³/mol. The predicted octanol–water partition coefficient (Wildman–Crippen LogP) is 3.26. The van der Waals surface area contributed by atoms with Crippen molar-refractivity contribution in [2.45, 2.75) is 45.4 Å². The van der Waals surface area contributed by atoms with E-state index in [1.165, 1.54) is 0 Å². The summed E-state index contributed by atoms with van der Waals surface area (Å²) in [5, 5.41) is 0. The average molecular weight is 277 g/mol. The lowest BCUT2D eigenvalue weighted by Gasteiger charge is -2.26. The lowest BCUT2D eigenvalue weighted by atomic mass is 10.4. The van der Waals surface area contributed by atoms with Crippen LogP contribution in [0.4, 0.5) is 0 Å². The van der Waals surface area contributed by atoms with Gasteiger partial charge >= 0.3 is 0 Å². The molecule has 0 atom stereocenters. The highest BCUT2D eigenvalue weighted by atomic mass is 28.4. The summed E-state index contributed by atoms with van der Waals surface area (Å²) in [5.74, 6) is 0. The monoisotopic (exact) mass is 276 g/mol. The molecule has 0 N–H and O–H groups in total. The molecule has 0 aromatic carbocycles. The molecule has 0 aromatic heterocycles. The SMILES string of the molecule is C=CCOC(CO[Si](C)(C)C)CO[Si](C)(C)C. The number of ether oxygens (including phenoxy) is 1. The van der Waals surface area contributed by atoms with Crippen molar-refractivity contribution in [1.29, 1.82) is 0 Å². The van der Waals surface area contributed by atoms with Gasteiger partial charge in [0.05, 0.1) is 19.8 Å². The van der Waals surface area contributed by atoms with Crippen LogP contribution in [0.1, 0.15) is 0 Å². The average Bonchev–Trinajstić information content (AvgIpc) is 2.13. The molecule has 0 bridgehead atoms. The van der Waals surface area contributed by atoms with Crippen molar-refractivity contribution >= 4 is 16.6 Å². The third kappa shape index (κ3) is 12.3. The Balaban J connectivity index is 4.09. The van der Waals surface area contributed by atoms with Crippen molar-refractivity contribution in [2.24, 2.45) is 0 Å². The van der Waals surface area contributed by atoms with Crippen LogP contribution < -0.4 is 0 Å². The Morgan fingerprint density at radius 3 is 1.65 bits per heavy atom. The molecule has 0 amide bonds. The van der Waals surface area contributed by atoms with Gasteiger partial charge in [0, 0.05) is 0 Å². The van der Waals surface area contributed by atoms with Crippen LogP contribution >= 0.6 is 0 Å². The highest BCUT2D eigenvalue weighted by Gasteiger charge is 2.21. The molecule has 0 fully saturated rings. The Bertz CT molecular complexity index is 201. The van der Waals surface area contributed by atoms with E-state index in [1.807, 2.05) is 0 Å². The number of rotatable bonds is 9. The first-order valence-electron chi connectivity index (χ1n) is 6.14. The Hall–Kier alpha value is 0.0538. The van der Waals surface area contributed by atoms with Gasteiger partial charge in [-0.2, -0.15) is 0 Å². The molecule has 0 heterocycles. The van der Waals surface area contributed by atoms with Crippen molar-refractivity contribution in [3.8, 4) is 0 Å². The van der Waals surface area contributed by atoms with Crippen LogP contribution in [-0.2, 0) is 13.6 Å². The molecule has 0 spiro atoms. The van der Waals surface area contributed by atoms with Crippen LogP contribution in [0, 0.1) is 0 Å². The van der Waals surface area contributed by atoms with Crippen molar-refractivity contribution in [3.63, 3.8) is 0 Å². The van der Waals surface area contributed by atoms with Gasteiger partial charge in [0.2, 0.25) is 0 Å². The molecule has 102 valence electrons. The van der Waals surface area contributed by atoms with E-state index in [9.17, 15) is 0 Å².